The number of aromatic nitrogens is 1. The lowest BCUT2D eigenvalue weighted by atomic mass is 9.90. The van der Waals surface area contributed by atoms with Crippen molar-refractivity contribution in [2.45, 2.75) is 56.7 Å². The number of carbonyl (C=O) groups is 3. The van der Waals surface area contributed by atoms with Crippen molar-refractivity contribution in [1.29, 1.82) is 0 Å². The molecule has 1 aromatic carbocycles. The largest absolute Gasteiger partial charge is 0.474 e. The number of nitrogens with zero attached hydrogens (tertiary/aromatic N) is 2. The maximum absolute atomic E-state index is 12.8. The van der Waals surface area contributed by atoms with Crippen LogP contribution in [-0.2, 0) is 11.2 Å². The monoisotopic (exact) mass is 422 g/mol. The Labute approximate surface area is 180 Å². The van der Waals surface area contributed by atoms with E-state index in [0.29, 0.717) is 38.5 Å². The molecule has 0 spiro atoms. The number of imide groups is 1. The Morgan fingerprint density at radius 2 is 1.84 bits per heavy atom. The van der Waals surface area contributed by atoms with Crippen molar-refractivity contribution in [3.8, 4) is 5.88 Å². The highest BCUT2D eigenvalue weighted by molar-refractivity contribution is 5.97. The summed E-state index contributed by atoms with van der Waals surface area (Å²) in [5.74, 6) is -0.485. The molecule has 2 aliphatic rings. The molecule has 1 aliphatic heterocycles. The summed E-state index contributed by atoms with van der Waals surface area (Å²) in [6, 6.07) is 12.4. The molecule has 4 amide bonds. The predicted octanol–water partition coefficient (Wildman–Crippen LogP) is 2.42. The van der Waals surface area contributed by atoms with Gasteiger partial charge in [0.1, 0.15) is 11.7 Å². The van der Waals surface area contributed by atoms with Crippen molar-refractivity contribution in [2.75, 3.05) is 0 Å². The predicted molar refractivity (Wildman–Crippen MR) is 113 cm³/mol. The first kappa shape index (κ1) is 20.8. The summed E-state index contributed by atoms with van der Waals surface area (Å²) in [5.41, 5.74) is 6.73. The lowest BCUT2D eigenvalue weighted by molar-refractivity contribution is -0.133. The van der Waals surface area contributed by atoms with Crippen molar-refractivity contribution >= 4 is 17.8 Å². The number of rotatable bonds is 6. The van der Waals surface area contributed by atoms with Gasteiger partial charge in [0.25, 0.3) is 5.91 Å². The number of hydrogen-bond donors (Lipinski definition) is 2. The first-order valence-electron chi connectivity index (χ1n) is 10.6. The Balaban J connectivity index is 1.32. The van der Waals surface area contributed by atoms with Gasteiger partial charge in [-0.25, -0.2) is 9.78 Å². The summed E-state index contributed by atoms with van der Waals surface area (Å²) in [6.45, 7) is 0. The fraction of sp³-hybridized carbons (Fsp3) is 0.391. The third kappa shape index (κ3) is 4.84. The molecule has 2 fully saturated rings. The fourth-order valence-corrected chi connectivity index (χ4v) is 4.36. The number of hydrogen-bond acceptors (Lipinski definition) is 5. The summed E-state index contributed by atoms with van der Waals surface area (Å²) in [7, 11) is 0. The number of pyridine rings is 1. The van der Waals surface area contributed by atoms with Crippen LogP contribution in [0.4, 0.5) is 4.79 Å². The first-order valence-corrected chi connectivity index (χ1v) is 10.6. The Morgan fingerprint density at radius 3 is 2.52 bits per heavy atom. The van der Waals surface area contributed by atoms with Crippen LogP contribution in [0, 0.1) is 0 Å². The van der Waals surface area contributed by atoms with E-state index in [0.717, 1.165) is 5.56 Å². The molecule has 1 aliphatic carbocycles. The van der Waals surface area contributed by atoms with Crippen LogP contribution in [0.1, 0.15) is 48.0 Å². The highest BCUT2D eigenvalue weighted by Crippen LogP contribution is 2.29. The Kier molecular flexibility index (Phi) is 6.16. The van der Waals surface area contributed by atoms with Crippen molar-refractivity contribution in [1.82, 2.24) is 15.2 Å². The maximum atomic E-state index is 12.8. The summed E-state index contributed by atoms with van der Waals surface area (Å²) in [6.07, 6.45) is 4.95. The molecule has 2 aromatic rings. The summed E-state index contributed by atoms with van der Waals surface area (Å²) >= 11 is 0. The van der Waals surface area contributed by atoms with E-state index in [9.17, 15) is 14.4 Å². The fourth-order valence-electron chi connectivity index (χ4n) is 4.36. The SMILES string of the molecule is NC(=O)c1cccnc1OC1CCC(N2C(=O)CC(Cc3ccccc3)NC2=O)CC1. The average Bonchev–Trinajstić information content (AvgIpc) is 2.75. The number of ether oxygens (including phenoxy) is 1. The second-order valence-corrected chi connectivity index (χ2v) is 8.07. The molecule has 1 atom stereocenters. The van der Waals surface area contributed by atoms with Crippen LogP contribution in [0.2, 0.25) is 0 Å². The lowest BCUT2D eigenvalue weighted by Gasteiger charge is -2.39. The molecule has 162 valence electrons. The third-order valence-electron chi connectivity index (χ3n) is 5.88. The van der Waals surface area contributed by atoms with Gasteiger partial charge < -0.3 is 15.8 Å². The molecule has 3 N–H and O–H groups in total. The molecule has 8 heteroatoms. The van der Waals surface area contributed by atoms with Gasteiger partial charge in [-0.2, -0.15) is 0 Å². The van der Waals surface area contributed by atoms with E-state index >= 15 is 0 Å². The number of benzene rings is 1. The maximum Gasteiger partial charge on any atom is 0.324 e. The van der Waals surface area contributed by atoms with Gasteiger partial charge in [0.05, 0.1) is 0 Å². The van der Waals surface area contributed by atoms with Gasteiger partial charge >= 0.3 is 6.03 Å². The average molecular weight is 422 g/mol. The second-order valence-electron chi connectivity index (χ2n) is 8.07. The normalized spacial score (nSPS) is 23.9. The zero-order valence-electron chi connectivity index (χ0n) is 17.2. The first-order chi connectivity index (χ1) is 15.0. The zero-order valence-corrected chi connectivity index (χ0v) is 17.2. The van der Waals surface area contributed by atoms with Crippen molar-refractivity contribution in [3.05, 3.63) is 59.8 Å². The van der Waals surface area contributed by atoms with E-state index in [4.69, 9.17) is 10.5 Å². The van der Waals surface area contributed by atoms with Crippen LogP contribution in [0.25, 0.3) is 0 Å². The lowest BCUT2D eigenvalue weighted by Crippen LogP contribution is -2.59. The van der Waals surface area contributed by atoms with Crippen LogP contribution in [-0.4, -0.2) is 45.9 Å². The quantitative estimate of drug-likeness (QED) is 0.742. The molecule has 1 saturated heterocycles. The molecule has 0 radical (unpaired) electrons. The third-order valence-corrected chi connectivity index (χ3v) is 5.88. The Bertz CT molecular complexity index is 939. The van der Waals surface area contributed by atoms with E-state index in [-0.39, 0.29) is 41.6 Å². The number of nitrogens with one attached hydrogen (secondary N) is 1. The minimum absolute atomic E-state index is 0.130. The number of amides is 4. The van der Waals surface area contributed by atoms with Gasteiger partial charge in [-0.3, -0.25) is 14.5 Å². The molecule has 2 heterocycles. The molecule has 8 nitrogen and oxygen atoms in total. The minimum atomic E-state index is -0.586. The van der Waals surface area contributed by atoms with E-state index < -0.39 is 5.91 Å². The molecular weight excluding hydrogens is 396 g/mol. The second kappa shape index (κ2) is 9.16. The number of urea groups is 1. The standard InChI is InChI=1S/C23H26N4O4/c24-21(29)19-7-4-12-25-22(19)31-18-10-8-17(9-11-18)27-20(28)14-16(26-23(27)30)13-15-5-2-1-3-6-15/h1-7,12,16-18H,8-11,13-14H2,(H2,24,29)(H,26,30). The molecule has 4 rings (SSSR count). The van der Waals surface area contributed by atoms with Gasteiger partial charge in [0.15, 0.2) is 0 Å². The number of nitrogens with two attached hydrogens (primary N) is 1. The molecule has 0 bridgehead atoms. The van der Waals surface area contributed by atoms with Gasteiger partial charge in [0, 0.05) is 24.7 Å². The molecule has 1 saturated carbocycles. The minimum Gasteiger partial charge on any atom is -0.474 e. The van der Waals surface area contributed by atoms with Crippen molar-refractivity contribution in [2.24, 2.45) is 5.73 Å². The van der Waals surface area contributed by atoms with E-state index in [1.54, 1.807) is 18.3 Å². The highest BCUT2D eigenvalue weighted by atomic mass is 16.5. The van der Waals surface area contributed by atoms with Gasteiger partial charge in [-0.15, -0.1) is 0 Å². The van der Waals surface area contributed by atoms with Crippen LogP contribution in [0.5, 0.6) is 5.88 Å². The Morgan fingerprint density at radius 1 is 1.10 bits per heavy atom. The summed E-state index contributed by atoms with van der Waals surface area (Å²) in [4.78, 5) is 42.5. The van der Waals surface area contributed by atoms with Gasteiger partial charge in [0.2, 0.25) is 11.8 Å². The van der Waals surface area contributed by atoms with Gasteiger partial charge in [-0.05, 0) is 49.8 Å². The van der Waals surface area contributed by atoms with Crippen molar-refractivity contribution < 1.29 is 19.1 Å². The number of primary amides is 1. The van der Waals surface area contributed by atoms with Crippen LogP contribution in [0.3, 0.4) is 0 Å². The summed E-state index contributed by atoms with van der Waals surface area (Å²) < 4.78 is 5.90. The van der Waals surface area contributed by atoms with E-state index in [1.165, 1.54) is 4.90 Å². The van der Waals surface area contributed by atoms with Gasteiger partial charge in [-0.1, -0.05) is 30.3 Å². The van der Waals surface area contributed by atoms with Crippen LogP contribution in [0.15, 0.2) is 48.7 Å². The molecule has 1 unspecified atom stereocenters. The smallest absolute Gasteiger partial charge is 0.324 e. The molecule has 1 aromatic heterocycles. The molecular formula is C23H26N4O4. The molecule has 31 heavy (non-hydrogen) atoms. The van der Waals surface area contributed by atoms with Crippen LogP contribution >= 0.6 is 0 Å². The zero-order chi connectivity index (χ0) is 21.8. The van der Waals surface area contributed by atoms with E-state index in [1.807, 2.05) is 30.3 Å². The van der Waals surface area contributed by atoms with E-state index in [2.05, 4.69) is 10.3 Å². The number of carbonyl (C=O) groups excluding carboxylic acids is 3. The topological polar surface area (TPSA) is 115 Å². The summed E-state index contributed by atoms with van der Waals surface area (Å²) in [5, 5.41) is 2.99. The van der Waals surface area contributed by atoms with Crippen LogP contribution < -0.4 is 15.8 Å². The highest BCUT2D eigenvalue weighted by Gasteiger charge is 2.38. The Hall–Kier alpha value is -3.42. The van der Waals surface area contributed by atoms with Crippen molar-refractivity contribution in [3.63, 3.8) is 0 Å².